The normalized spacial score (nSPS) is 15.0. The van der Waals surface area contributed by atoms with Crippen molar-refractivity contribution in [1.82, 2.24) is 15.4 Å². The summed E-state index contributed by atoms with van der Waals surface area (Å²) in [6.07, 6.45) is 3.28. The van der Waals surface area contributed by atoms with Crippen LogP contribution in [0.2, 0.25) is 0 Å². The van der Waals surface area contributed by atoms with Crippen LogP contribution >= 0.6 is 8.15 Å². The Morgan fingerprint density at radius 3 is 2.59 bits per heavy atom. The van der Waals surface area contributed by atoms with E-state index >= 15 is 0 Å². The van der Waals surface area contributed by atoms with E-state index in [1.54, 1.807) is 6.20 Å². The number of imide groups is 1. The summed E-state index contributed by atoms with van der Waals surface area (Å²) in [6.45, 7) is 6.01. The minimum absolute atomic E-state index is 0.0453. The summed E-state index contributed by atoms with van der Waals surface area (Å²) in [5, 5.41) is 3.32. The number of hydrogen-bond acceptors (Lipinski definition) is 8. The molecule has 0 radical (unpaired) electrons. The monoisotopic (exact) mass is 467 g/mol. The summed E-state index contributed by atoms with van der Waals surface area (Å²) in [5.41, 5.74) is 0.350. The van der Waals surface area contributed by atoms with Gasteiger partial charge in [0.2, 0.25) is 5.91 Å². The maximum absolute atomic E-state index is 11.9. The van der Waals surface area contributed by atoms with Gasteiger partial charge in [-0.25, -0.2) is 4.79 Å². The number of nitrogens with zero attached hydrogens (tertiary/aromatic N) is 2. The zero-order chi connectivity index (χ0) is 23.6. The zero-order valence-electron chi connectivity index (χ0n) is 18.7. The third kappa shape index (κ3) is 9.38. The van der Waals surface area contributed by atoms with E-state index in [9.17, 15) is 19.2 Å². The first-order valence-corrected chi connectivity index (χ1v) is 12.3. The number of carbonyl (C=O) groups excluding carboxylic acids is 4. The molecule has 0 aliphatic carbocycles. The van der Waals surface area contributed by atoms with E-state index in [-0.39, 0.29) is 25.4 Å². The van der Waals surface area contributed by atoms with Crippen LogP contribution in [0.25, 0.3) is 0 Å². The highest BCUT2D eigenvalue weighted by atomic mass is 31.1. The molecule has 3 amide bonds. The molecule has 176 valence electrons. The number of ether oxygens (including phenoxy) is 1. The molecule has 2 rings (SSSR count). The molecule has 0 aromatic carbocycles. The summed E-state index contributed by atoms with van der Waals surface area (Å²) < 4.78 is 11.4. The Labute approximate surface area is 188 Å². The molecule has 11 heteroatoms. The summed E-state index contributed by atoms with van der Waals surface area (Å²) in [7, 11) is -1.01. The third-order valence-electron chi connectivity index (χ3n) is 4.46. The first-order chi connectivity index (χ1) is 15.2. The lowest BCUT2D eigenvalue weighted by molar-refractivity contribution is -0.198. The lowest BCUT2D eigenvalue weighted by Crippen LogP contribution is -2.35. The second-order valence-electron chi connectivity index (χ2n) is 7.88. The Bertz CT molecular complexity index is 788. The molecule has 1 saturated heterocycles. The van der Waals surface area contributed by atoms with Crippen molar-refractivity contribution in [2.24, 2.45) is 0 Å². The molecule has 1 aromatic rings. The minimum Gasteiger partial charge on any atom is -0.373 e. The van der Waals surface area contributed by atoms with Crippen LogP contribution in [-0.4, -0.2) is 71.9 Å². The van der Waals surface area contributed by atoms with Crippen LogP contribution in [-0.2, 0) is 39.7 Å². The molecule has 1 N–H and O–H groups in total. The van der Waals surface area contributed by atoms with Gasteiger partial charge in [-0.05, 0) is 39.1 Å². The molecule has 1 fully saturated rings. The number of nitrogens with one attached hydrogen (secondary N) is 1. The van der Waals surface area contributed by atoms with Crippen LogP contribution in [0, 0.1) is 0 Å². The van der Waals surface area contributed by atoms with Gasteiger partial charge in [-0.2, -0.15) is 0 Å². The maximum Gasteiger partial charge on any atom is 0.358 e. The van der Waals surface area contributed by atoms with Crippen molar-refractivity contribution in [3.05, 3.63) is 30.1 Å². The van der Waals surface area contributed by atoms with Crippen molar-refractivity contribution < 1.29 is 33.3 Å². The fraction of sp³-hybridized carbons (Fsp3) is 0.571. The van der Waals surface area contributed by atoms with E-state index in [4.69, 9.17) is 14.1 Å². The highest BCUT2D eigenvalue weighted by Gasteiger charge is 2.33. The number of aromatic nitrogens is 1. The van der Waals surface area contributed by atoms with Crippen LogP contribution in [0.1, 0.15) is 38.8 Å². The van der Waals surface area contributed by atoms with Crippen LogP contribution in [0.5, 0.6) is 0 Å². The topological polar surface area (TPSA) is 124 Å². The van der Waals surface area contributed by atoms with E-state index in [1.807, 2.05) is 38.7 Å². The molecular formula is C21H30N3O7P. The SMILES string of the molecule is CP(CC(C)(C)OCCNC(=O)CCc1ccccn1)OCC(=O)ON1C(=O)CCC1=O. The lowest BCUT2D eigenvalue weighted by atomic mass is 10.2. The van der Waals surface area contributed by atoms with Crippen LogP contribution in [0.15, 0.2) is 24.4 Å². The molecule has 1 unspecified atom stereocenters. The quantitative estimate of drug-likeness (QED) is 0.263. The van der Waals surface area contributed by atoms with E-state index < -0.39 is 31.5 Å². The van der Waals surface area contributed by atoms with E-state index in [2.05, 4.69) is 10.3 Å². The van der Waals surface area contributed by atoms with Gasteiger partial charge in [0.15, 0.2) is 6.61 Å². The fourth-order valence-corrected chi connectivity index (χ4v) is 4.55. The molecule has 10 nitrogen and oxygen atoms in total. The van der Waals surface area contributed by atoms with Gasteiger partial charge in [0.25, 0.3) is 11.8 Å². The molecule has 1 aromatic heterocycles. The Kier molecular flexibility index (Phi) is 10.2. The summed E-state index contributed by atoms with van der Waals surface area (Å²) in [4.78, 5) is 55.6. The average molecular weight is 467 g/mol. The fourth-order valence-electron chi connectivity index (χ4n) is 2.97. The van der Waals surface area contributed by atoms with Gasteiger partial charge in [-0.3, -0.25) is 19.4 Å². The Hall–Kier alpha value is -2.42. The molecule has 1 aliphatic rings. The van der Waals surface area contributed by atoms with Crippen molar-refractivity contribution in [2.45, 2.75) is 45.1 Å². The van der Waals surface area contributed by atoms with Crippen molar-refractivity contribution in [3.8, 4) is 0 Å². The summed E-state index contributed by atoms with van der Waals surface area (Å²) in [5.74, 6) is -1.91. The molecule has 0 bridgehead atoms. The van der Waals surface area contributed by atoms with E-state index in [1.165, 1.54) is 0 Å². The minimum atomic E-state index is -1.01. The first kappa shape index (κ1) is 25.8. The molecule has 1 aliphatic heterocycles. The van der Waals surface area contributed by atoms with E-state index in [0.29, 0.717) is 37.2 Å². The van der Waals surface area contributed by atoms with Gasteiger partial charge in [0.05, 0.1) is 12.2 Å². The Morgan fingerprint density at radius 2 is 1.94 bits per heavy atom. The second-order valence-corrected chi connectivity index (χ2v) is 9.71. The molecule has 2 heterocycles. The average Bonchev–Trinajstić information content (AvgIpc) is 3.06. The highest BCUT2D eigenvalue weighted by molar-refractivity contribution is 7.51. The number of hydrogen-bond donors (Lipinski definition) is 1. The lowest BCUT2D eigenvalue weighted by Gasteiger charge is -2.28. The standard InChI is InChI=1S/C21H30N3O7P/c1-21(2,29-13-12-23-17(25)8-7-16-6-4-5-11-22-16)15-32(3)30-14-20(28)31-24-18(26)9-10-19(24)27/h4-6,11H,7-10,12-15H2,1-3H3,(H,23,25). The van der Waals surface area contributed by atoms with Crippen LogP contribution in [0.4, 0.5) is 0 Å². The zero-order valence-corrected chi connectivity index (χ0v) is 19.6. The molecule has 32 heavy (non-hydrogen) atoms. The molecule has 0 saturated carbocycles. The van der Waals surface area contributed by atoms with Crippen LogP contribution < -0.4 is 5.32 Å². The molecule has 0 spiro atoms. The second kappa shape index (κ2) is 12.6. The van der Waals surface area contributed by atoms with Gasteiger partial charge in [-0.1, -0.05) is 6.07 Å². The van der Waals surface area contributed by atoms with Gasteiger partial charge in [-0.15, -0.1) is 5.06 Å². The van der Waals surface area contributed by atoms with Crippen LogP contribution in [0.3, 0.4) is 0 Å². The predicted octanol–water partition coefficient (Wildman–Crippen LogP) is 1.58. The number of aryl methyl sites for hydroxylation is 1. The Morgan fingerprint density at radius 1 is 1.22 bits per heavy atom. The maximum atomic E-state index is 11.9. The highest BCUT2D eigenvalue weighted by Crippen LogP contribution is 2.37. The van der Waals surface area contributed by atoms with Gasteiger partial charge in [0, 0.05) is 52.0 Å². The summed E-state index contributed by atoms with van der Waals surface area (Å²) in [6, 6.07) is 5.61. The number of rotatable bonds is 13. The van der Waals surface area contributed by atoms with Gasteiger partial charge >= 0.3 is 5.97 Å². The number of hydroxylamine groups is 2. The molecular weight excluding hydrogens is 437 g/mol. The third-order valence-corrected chi connectivity index (χ3v) is 6.23. The van der Waals surface area contributed by atoms with Crippen molar-refractivity contribution >= 4 is 31.8 Å². The van der Waals surface area contributed by atoms with Gasteiger partial charge < -0.3 is 19.4 Å². The smallest absolute Gasteiger partial charge is 0.358 e. The number of amides is 3. The molecule has 1 atom stereocenters. The van der Waals surface area contributed by atoms with Crippen molar-refractivity contribution in [2.75, 3.05) is 32.6 Å². The van der Waals surface area contributed by atoms with Crippen molar-refractivity contribution in [3.63, 3.8) is 0 Å². The van der Waals surface area contributed by atoms with Gasteiger partial charge in [0.1, 0.15) is 0 Å². The van der Waals surface area contributed by atoms with E-state index in [0.717, 1.165) is 5.69 Å². The largest absolute Gasteiger partial charge is 0.373 e. The number of pyridine rings is 1. The first-order valence-electron chi connectivity index (χ1n) is 10.4. The Balaban J connectivity index is 1.58. The van der Waals surface area contributed by atoms with Crippen molar-refractivity contribution in [1.29, 1.82) is 0 Å². The summed E-state index contributed by atoms with van der Waals surface area (Å²) >= 11 is 0. The number of carbonyl (C=O) groups is 4. The predicted molar refractivity (Wildman–Crippen MR) is 116 cm³/mol.